The fourth-order valence-corrected chi connectivity index (χ4v) is 4.33. The van der Waals surface area contributed by atoms with Gasteiger partial charge in [-0.25, -0.2) is 13.8 Å². The number of ether oxygens (including phenoxy) is 1. The average molecular weight is 326 g/mol. The first-order valence-electron chi connectivity index (χ1n) is 8.27. The Kier molecular flexibility index (Phi) is 2.78. The third kappa shape index (κ3) is 1.72. The molecule has 2 aromatic rings. The molecule has 0 radical (unpaired) electrons. The van der Waals surface area contributed by atoms with E-state index >= 15 is 0 Å². The van der Waals surface area contributed by atoms with Gasteiger partial charge in [-0.05, 0) is 43.0 Å². The molecule has 2 atom stereocenters. The van der Waals surface area contributed by atoms with Crippen LogP contribution in [0.5, 0.6) is 0 Å². The molecule has 0 bridgehead atoms. The number of hydrazone groups is 1. The maximum Gasteiger partial charge on any atom is 0.243 e. The van der Waals surface area contributed by atoms with Crippen molar-refractivity contribution in [3.8, 4) is 0 Å². The molecule has 1 fully saturated rings. The minimum absolute atomic E-state index is 0.0839. The smallest absolute Gasteiger partial charge is 0.243 e. The Bertz CT molecular complexity index is 866. The second-order valence-electron chi connectivity index (χ2n) is 6.63. The summed E-state index contributed by atoms with van der Waals surface area (Å²) in [6.07, 6.45) is 3.03. The van der Waals surface area contributed by atoms with Gasteiger partial charge in [-0.2, -0.15) is 0 Å². The zero-order valence-corrected chi connectivity index (χ0v) is 13.0. The van der Waals surface area contributed by atoms with Gasteiger partial charge in [0.05, 0.1) is 5.56 Å². The lowest BCUT2D eigenvalue weighted by Gasteiger charge is -2.40. The molecule has 3 aliphatic rings. The molecule has 5 heteroatoms. The highest BCUT2D eigenvalue weighted by molar-refractivity contribution is 5.95. The minimum Gasteiger partial charge on any atom is -0.443 e. The lowest BCUT2D eigenvalue weighted by Crippen LogP contribution is -2.44. The number of rotatable bonds is 1. The molecule has 2 heterocycles. The van der Waals surface area contributed by atoms with Gasteiger partial charge in [0.25, 0.3) is 0 Å². The molecule has 24 heavy (non-hydrogen) atoms. The SMILES string of the molecule is Fc1ccc(F)c(C2=NN3CCC4CCc5ccccc5C43O2)c1. The summed E-state index contributed by atoms with van der Waals surface area (Å²) >= 11 is 0. The molecule has 2 unspecified atom stereocenters. The van der Waals surface area contributed by atoms with Crippen LogP contribution < -0.4 is 0 Å². The molecule has 2 aromatic carbocycles. The van der Waals surface area contributed by atoms with Crippen molar-refractivity contribution in [3.63, 3.8) is 0 Å². The molecule has 5 rings (SSSR count). The number of benzene rings is 2. The zero-order valence-electron chi connectivity index (χ0n) is 13.0. The van der Waals surface area contributed by atoms with Crippen LogP contribution in [0.1, 0.15) is 29.5 Å². The van der Waals surface area contributed by atoms with E-state index in [1.54, 1.807) is 0 Å². The quantitative estimate of drug-likeness (QED) is 0.797. The van der Waals surface area contributed by atoms with Crippen LogP contribution in [0, 0.1) is 17.6 Å². The molecular formula is C19H16F2N2O. The van der Waals surface area contributed by atoms with Gasteiger partial charge >= 0.3 is 0 Å². The van der Waals surface area contributed by atoms with E-state index in [2.05, 4.69) is 17.2 Å². The van der Waals surface area contributed by atoms with Gasteiger partial charge in [-0.1, -0.05) is 24.3 Å². The van der Waals surface area contributed by atoms with Gasteiger partial charge < -0.3 is 4.74 Å². The molecule has 0 aromatic heterocycles. The first-order valence-corrected chi connectivity index (χ1v) is 8.27. The summed E-state index contributed by atoms with van der Waals surface area (Å²) in [5.41, 5.74) is 1.77. The lowest BCUT2D eigenvalue weighted by atomic mass is 9.77. The van der Waals surface area contributed by atoms with Crippen molar-refractivity contribution in [1.29, 1.82) is 0 Å². The van der Waals surface area contributed by atoms with E-state index < -0.39 is 17.4 Å². The van der Waals surface area contributed by atoms with Crippen molar-refractivity contribution in [2.75, 3.05) is 6.54 Å². The Labute approximate surface area is 138 Å². The molecule has 0 saturated carbocycles. The Balaban J connectivity index is 1.64. The molecule has 0 amide bonds. The van der Waals surface area contributed by atoms with E-state index in [9.17, 15) is 8.78 Å². The monoisotopic (exact) mass is 326 g/mol. The van der Waals surface area contributed by atoms with Crippen LogP contribution in [-0.2, 0) is 16.9 Å². The molecule has 1 saturated heterocycles. The maximum atomic E-state index is 14.2. The topological polar surface area (TPSA) is 24.8 Å². The van der Waals surface area contributed by atoms with Gasteiger partial charge in [0.2, 0.25) is 11.6 Å². The van der Waals surface area contributed by atoms with Crippen molar-refractivity contribution in [2.24, 2.45) is 11.0 Å². The van der Waals surface area contributed by atoms with Crippen LogP contribution in [-0.4, -0.2) is 17.5 Å². The third-order valence-electron chi connectivity index (χ3n) is 5.41. The predicted octanol–water partition coefficient (Wildman–Crippen LogP) is 3.78. The summed E-state index contributed by atoms with van der Waals surface area (Å²) in [7, 11) is 0. The maximum absolute atomic E-state index is 14.2. The first kappa shape index (κ1) is 14.0. The van der Waals surface area contributed by atoms with Crippen molar-refractivity contribution in [1.82, 2.24) is 5.01 Å². The molecule has 2 aliphatic heterocycles. The van der Waals surface area contributed by atoms with E-state index in [0.29, 0.717) is 5.92 Å². The predicted molar refractivity (Wildman–Crippen MR) is 85.2 cm³/mol. The number of halogens is 2. The molecule has 3 nitrogen and oxygen atoms in total. The highest BCUT2D eigenvalue weighted by Gasteiger charge is 2.58. The first-order chi connectivity index (χ1) is 11.7. The number of aryl methyl sites for hydroxylation is 1. The van der Waals surface area contributed by atoms with Crippen LogP contribution in [0.4, 0.5) is 8.78 Å². The van der Waals surface area contributed by atoms with E-state index in [4.69, 9.17) is 4.74 Å². The van der Waals surface area contributed by atoms with Crippen LogP contribution in [0.3, 0.4) is 0 Å². The highest BCUT2D eigenvalue weighted by Crippen LogP contribution is 2.53. The van der Waals surface area contributed by atoms with Crippen molar-refractivity contribution in [2.45, 2.75) is 25.0 Å². The Hall–Kier alpha value is -2.43. The van der Waals surface area contributed by atoms with Crippen LogP contribution >= 0.6 is 0 Å². The van der Waals surface area contributed by atoms with Crippen LogP contribution in [0.25, 0.3) is 0 Å². The summed E-state index contributed by atoms with van der Waals surface area (Å²) in [6, 6.07) is 11.6. The zero-order chi connectivity index (χ0) is 16.3. The standard InChI is InChI=1S/C19H16F2N2O/c20-14-7-8-17(21)15(11-14)18-22-23-10-9-13-6-5-12-3-1-2-4-16(12)19(13,23)24-18/h1-4,7-8,11,13H,5-6,9-10H2. The fourth-order valence-electron chi connectivity index (χ4n) is 4.33. The van der Waals surface area contributed by atoms with E-state index in [-0.39, 0.29) is 11.5 Å². The number of nitrogens with zero attached hydrogens (tertiary/aromatic N) is 2. The Morgan fingerprint density at radius 1 is 1.12 bits per heavy atom. The third-order valence-corrected chi connectivity index (χ3v) is 5.41. The molecular weight excluding hydrogens is 310 g/mol. The van der Waals surface area contributed by atoms with E-state index in [1.165, 1.54) is 5.56 Å². The average Bonchev–Trinajstić information content (AvgIpc) is 3.12. The van der Waals surface area contributed by atoms with Gasteiger partial charge in [0.1, 0.15) is 11.6 Å². The fraction of sp³-hybridized carbons (Fsp3) is 0.316. The molecule has 0 N–H and O–H groups in total. The van der Waals surface area contributed by atoms with E-state index in [1.807, 2.05) is 17.1 Å². The summed E-state index contributed by atoms with van der Waals surface area (Å²) in [5.74, 6) is -0.533. The summed E-state index contributed by atoms with van der Waals surface area (Å²) in [5, 5.41) is 6.44. The lowest BCUT2D eigenvalue weighted by molar-refractivity contribution is -0.0824. The summed E-state index contributed by atoms with van der Waals surface area (Å²) < 4.78 is 34.0. The molecule has 1 aliphatic carbocycles. The molecule has 1 spiro atoms. The summed E-state index contributed by atoms with van der Waals surface area (Å²) in [4.78, 5) is 0. The largest absolute Gasteiger partial charge is 0.443 e. The van der Waals surface area contributed by atoms with Gasteiger partial charge in [-0.3, -0.25) is 0 Å². The minimum atomic E-state index is -0.664. The second kappa shape index (κ2) is 4.79. The van der Waals surface area contributed by atoms with Crippen molar-refractivity contribution in [3.05, 3.63) is 70.8 Å². The number of fused-ring (bicyclic) bond motifs is 1. The van der Waals surface area contributed by atoms with Crippen LogP contribution in [0.2, 0.25) is 0 Å². The second-order valence-corrected chi connectivity index (χ2v) is 6.63. The van der Waals surface area contributed by atoms with Gasteiger partial charge in [0, 0.05) is 18.0 Å². The number of hydrogen-bond donors (Lipinski definition) is 0. The summed E-state index contributed by atoms with van der Waals surface area (Å²) in [6.45, 7) is 0.763. The number of hydrogen-bond acceptors (Lipinski definition) is 3. The van der Waals surface area contributed by atoms with Crippen molar-refractivity contribution < 1.29 is 13.5 Å². The van der Waals surface area contributed by atoms with Gasteiger partial charge in [-0.15, -0.1) is 5.10 Å². The Morgan fingerprint density at radius 3 is 2.92 bits per heavy atom. The van der Waals surface area contributed by atoms with E-state index in [0.717, 1.165) is 49.6 Å². The Morgan fingerprint density at radius 2 is 2.00 bits per heavy atom. The normalized spacial score (nSPS) is 27.2. The van der Waals surface area contributed by atoms with Crippen LogP contribution in [0.15, 0.2) is 47.6 Å². The highest BCUT2D eigenvalue weighted by atomic mass is 19.1. The van der Waals surface area contributed by atoms with Crippen molar-refractivity contribution >= 4 is 5.90 Å². The molecule has 122 valence electrons. The van der Waals surface area contributed by atoms with Gasteiger partial charge in [0.15, 0.2) is 0 Å².